The first kappa shape index (κ1) is 36.5. The molecular weight excluding hydrogens is 656 g/mol. The fourth-order valence-electron chi connectivity index (χ4n) is 5.02. The van der Waals surface area contributed by atoms with E-state index in [9.17, 15) is 0 Å². The monoisotopic (exact) mass is 692 g/mol. The third-order valence-electron chi connectivity index (χ3n) is 6.88. The van der Waals surface area contributed by atoms with Crippen molar-refractivity contribution in [1.82, 2.24) is 0 Å². The van der Waals surface area contributed by atoms with Crippen LogP contribution in [0.5, 0.6) is 0 Å². The van der Waals surface area contributed by atoms with Gasteiger partial charge in [-0.1, -0.05) is 158 Å². The average molecular weight is 694 g/mol. The molecule has 8 aromatic carbocycles. The molecule has 226 valence electrons. The number of hydrogen-bond acceptors (Lipinski definition) is 2. The second-order valence-corrected chi connectivity index (χ2v) is 11.5. The zero-order chi connectivity index (χ0) is 31.7. The first-order valence-corrected chi connectivity index (χ1v) is 16.3. The van der Waals surface area contributed by atoms with E-state index in [1.807, 2.05) is 0 Å². The van der Waals surface area contributed by atoms with Gasteiger partial charge in [0.25, 0.3) is 0 Å². The molecule has 0 unspecified atom stereocenters. The number of hydrogen-bond donors (Lipinski definition) is 0. The maximum Gasteiger partial charge on any atom is 4.00 e. The van der Waals surface area contributed by atoms with Crippen molar-refractivity contribution >= 4 is 63.0 Å². The van der Waals surface area contributed by atoms with E-state index >= 15 is 0 Å². The quantitative estimate of drug-likeness (QED) is 0.139. The first-order chi connectivity index (χ1) is 22.2. The standard InChI is InChI=1S/2C13H9.C12H10Si.2C2H5O.Zr/c2*1-3-7-12-10(5-1)9-11-6-2-4-8-13(11)12;1-3-7-11(8-4-1)13-12-9-5-2-6-10-12;2*1-2-3;/h2*1-9H;1-10H;2*2H2,1H3;/q2*-1;;2*-1;+4. The van der Waals surface area contributed by atoms with Crippen LogP contribution in [0.25, 0.3) is 43.1 Å². The summed E-state index contributed by atoms with van der Waals surface area (Å²) in [6.07, 6.45) is 0. The maximum atomic E-state index is 8.93. The molecule has 0 aliphatic rings. The van der Waals surface area contributed by atoms with E-state index in [-0.39, 0.29) is 39.4 Å². The summed E-state index contributed by atoms with van der Waals surface area (Å²) in [4.78, 5) is 0. The fraction of sp³-hybridized carbons (Fsp3) is 0.0952. The van der Waals surface area contributed by atoms with Crippen LogP contribution < -0.4 is 20.6 Å². The Morgan fingerprint density at radius 3 is 0.870 bits per heavy atom. The predicted octanol–water partition coefficient (Wildman–Crippen LogP) is 7.50. The molecule has 4 heteroatoms. The molecule has 0 fully saturated rings. The molecule has 8 aromatic rings. The minimum Gasteiger partial charge on any atom is -0.855 e. The summed E-state index contributed by atoms with van der Waals surface area (Å²) in [6, 6.07) is 59.7. The molecule has 0 aliphatic carbocycles. The molecule has 46 heavy (non-hydrogen) atoms. The zero-order valence-corrected chi connectivity index (χ0v) is 29.9. The Morgan fingerprint density at radius 2 is 0.609 bits per heavy atom. The van der Waals surface area contributed by atoms with Crippen LogP contribution in [0.3, 0.4) is 0 Å². The normalized spacial score (nSPS) is 9.83. The van der Waals surface area contributed by atoms with Gasteiger partial charge in [0, 0.05) is 0 Å². The van der Waals surface area contributed by atoms with Gasteiger partial charge in [-0.05, 0) is 0 Å². The molecule has 0 N–H and O–H groups in total. The first-order valence-electron chi connectivity index (χ1n) is 15.3. The Labute approximate surface area is 294 Å². The average Bonchev–Trinajstić information content (AvgIpc) is 3.66. The van der Waals surface area contributed by atoms with E-state index in [0.717, 1.165) is 9.52 Å². The SMILES string of the molecule is CC[O-].CC[O-].[Zr+4].c1ccc([Si]c2ccccc2)cc1.c1ccc2c(c1)[cH-]c1ccccc12.c1ccc2c(c1)[cH-]c1ccccc12. The van der Waals surface area contributed by atoms with Gasteiger partial charge in [0.15, 0.2) is 0 Å². The molecule has 8 rings (SSSR count). The van der Waals surface area contributed by atoms with Gasteiger partial charge >= 0.3 is 26.2 Å². The van der Waals surface area contributed by atoms with Gasteiger partial charge < -0.3 is 10.2 Å². The molecule has 0 atom stereocenters. The summed E-state index contributed by atoms with van der Waals surface area (Å²) in [7, 11) is 0.777. The summed E-state index contributed by atoms with van der Waals surface area (Å²) >= 11 is 0. The van der Waals surface area contributed by atoms with E-state index in [2.05, 4.69) is 170 Å². The Kier molecular flexibility index (Phi) is 16.1. The van der Waals surface area contributed by atoms with Crippen LogP contribution >= 0.6 is 0 Å². The van der Waals surface area contributed by atoms with Crippen molar-refractivity contribution in [3.63, 3.8) is 0 Å². The van der Waals surface area contributed by atoms with Gasteiger partial charge in [0.05, 0.1) is 0 Å². The van der Waals surface area contributed by atoms with Crippen LogP contribution in [0, 0.1) is 0 Å². The van der Waals surface area contributed by atoms with Crippen molar-refractivity contribution in [3.05, 3.63) is 170 Å². The molecule has 0 saturated heterocycles. The van der Waals surface area contributed by atoms with Crippen molar-refractivity contribution in [1.29, 1.82) is 0 Å². The number of benzene rings is 6. The summed E-state index contributed by atoms with van der Waals surface area (Å²) in [5, 5.41) is 31.4. The van der Waals surface area contributed by atoms with Gasteiger partial charge in [0.1, 0.15) is 9.52 Å². The van der Waals surface area contributed by atoms with E-state index in [1.54, 1.807) is 13.8 Å². The smallest absolute Gasteiger partial charge is 0.855 e. The van der Waals surface area contributed by atoms with Crippen molar-refractivity contribution in [2.24, 2.45) is 0 Å². The minimum absolute atomic E-state index is 0. The molecule has 0 aromatic heterocycles. The van der Waals surface area contributed by atoms with Gasteiger partial charge in [-0.25, -0.2) is 0 Å². The molecule has 0 bridgehead atoms. The fourth-order valence-corrected chi connectivity index (χ4v) is 6.07. The Bertz CT molecular complexity index is 1730. The molecule has 0 spiro atoms. The Balaban J connectivity index is 0.000000171. The predicted molar refractivity (Wildman–Crippen MR) is 193 cm³/mol. The number of rotatable bonds is 2. The van der Waals surface area contributed by atoms with E-state index in [4.69, 9.17) is 10.2 Å². The van der Waals surface area contributed by atoms with Gasteiger partial charge in [-0.2, -0.15) is 0 Å². The molecule has 2 radical (unpaired) electrons. The minimum atomic E-state index is 0. The largest absolute Gasteiger partial charge is 4.00 e. The second-order valence-electron chi connectivity index (χ2n) is 10.1. The molecule has 0 saturated carbocycles. The van der Waals surface area contributed by atoms with Crippen molar-refractivity contribution in [2.45, 2.75) is 13.8 Å². The zero-order valence-electron chi connectivity index (χ0n) is 26.4. The number of fused-ring (bicyclic) bond motifs is 6. The van der Waals surface area contributed by atoms with Crippen LogP contribution in [-0.4, -0.2) is 22.7 Å². The summed E-state index contributed by atoms with van der Waals surface area (Å²) in [5.41, 5.74) is 0. The van der Waals surface area contributed by atoms with Crippen molar-refractivity contribution in [2.75, 3.05) is 13.2 Å². The summed E-state index contributed by atoms with van der Waals surface area (Å²) in [6.45, 7) is 3.14. The van der Waals surface area contributed by atoms with E-state index in [0.29, 0.717) is 0 Å². The van der Waals surface area contributed by atoms with Crippen molar-refractivity contribution < 1.29 is 36.4 Å². The topological polar surface area (TPSA) is 46.1 Å². The van der Waals surface area contributed by atoms with Gasteiger partial charge in [-0.3, -0.25) is 0 Å². The summed E-state index contributed by atoms with van der Waals surface area (Å²) < 4.78 is 0. The van der Waals surface area contributed by atoms with Gasteiger partial charge in [-0.15, -0.1) is 92.7 Å². The van der Waals surface area contributed by atoms with Crippen LogP contribution in [0.15, 0.2) is 170 Å². The Morgan fingerprint density at radius 1 is 0.391 bits per heavy atom. The Hall–Kier alpha value is -3.92. The molecule has 0 amide bonds. The van der Waals surface area contributed by atoms with E-state index in [1.165, 1.54) is 53.5 Å². The van der Waals surface area contributed by atoms with Crippen LogP contribution in [0.4, 0.5) is 0 Å². The third kappa shape index (κ3) is 10.6. The molecule has 0 aliphatic heterocycles. The van der Waals surface area contributed by atoms with E-state index < -0.39 is 0 Å². The van der Waals surface area contributed by atoms with Crippen LogP contribution in [0.1, 0.15) is 13.8 Å². The summed E-state index contributed by atoms with van der Waals surface area (Å²) in [5.74, 6) is 0. The van der Waals surface area contributed by atoms with Gasteiger partial charge in [0.2, 0.25) is 0 Å². The van der Waals surface area contributed by atoms with Crippen LogP contribution in [0.2, 0.25) is 0 Å². The molecule has 0 heterocycles. The third-order valence-corrected chi connectivity index (χ3v) is 8.13. The van der Waals surface area contributed by atoms with Crippen LogP contribution in [-0.2, 0) is 26.2 Å². The maximum absolute atomic E-state index is 8.93. The second kappa shape index (κ2) is 20.3. The van der Waals surface area contributed by atoms with Crippen molar-refractivity contribution in [3.8, 4) is 0 Å². The molecular formula is C42H38O2SiZr. The molecule has 2 nitrogen and oxygen atoms in total.